The molecule has 1 fully saturated rings. The second kappa shape index (κ2) is 4.80. The van der Waals surface area contributed by atoms with Crippen LogP contribution in [-0.2, 0) is 0 Å². The molecule has 13 heavy (non-hydrogen) atoms. The van der Waals surface area contributed by atoms with Gasteiger partial charge in [0.05, 0.1) is 0 Å². The molecule has 0 aromatic rings. The molecule has 0 unspecified atom stereocenters. The van der Waals surface area contributed by atoms with Crippen LogP contribution in [0.4, 0.5) is 0 Å². The standard InChI is InChI=1S/C10H20N2S/c1-8(2)6-7-12(9-4-5-9)10(13)11-3/h8-9H,4-7H2,1-3H3,(H,11,13). The van der Waals surface area contributed by atoms with Crippen molar-refractivity contribution in [1.29, 1.82) is 0 Å². The van der Waals surface area contributed by atoms with E-state index >= 15 is 0 Å². The maximum absolute atomic E-state index is 5.26. The Morgan fingerprint density at radius 2 is 2.15 bits per heavy atom. The van der Waals surface area contributed by atoms with Crippen LogP contribution in [0.15, 0.2) is 0 Å². The Kier molecular flexibility index (Phi) is 3.97. The molecule has 0 spiro atoms. The highest BCUT2D eigenvalue weighted by Gasteiger charge is 2.29. The van der Waals surface area contributed by atoms with E-state index in [9.17, 15) is 0 Å². The molecule has 0 radical (unpaired) electrons. The second-order valence-electron chi connectivity index (χ2n) is 4.16. The summed E-state index contributed by atoms with van der Waals surface area (Å²) in [4.78, 5) is 2.34. The summed E-state index contributed by atoms with van der Waals surface area (Å²) in [7, 11) is 1.91. The fourth-order valence-corrected chi connectivity index (χ4v) is 1.62. The third kappa shape index (κ3) is 3.51. The Bertz CT molecular complexity index is 176. The third-order valence-corrected chi connectivity index (χ3v) is 2.85. The first-order valence-electron chi connectivity index (χ1n) is 5.13. The van der Waals surface area contributed by atoms with E-state index < -0.39 is 0 Å². The Balaban J connectivity index is 2.33. The molecule has 0 bridgehead atoms. The SMILES string of the molecule is CNC(=S)N(CCC(C)C)C1CC1. The van der Waals surface area contributed by atoms with Gasteiger partial charge in [0.25, 0.3) is 0 Å². The summed E-state index contributed by atoms with van der Waals surface area (Å²) in [5.41, 5.74) is 0. The van der Waals surface area contributed by atoms with Crippen molar-refractivity contribution in [3.8, 4) is 0 Å². The van der Waals surface area contributed by atoms with Gasteiger partial charge in [-0.15, -0.1) is 0 Å². The van der Waals surface area contributed by atoms with E-state index in [1.165, 1.54) is 19.3 Å². The lowest BCUT2D eigenvalue weighted by Crippen LogP contribution is -2.40. The van der Waals surface area contributed by atoms with E-state index in [1.54, 1.807) is 0 Å². The summed E-state index contributed by atoms with van der Waals surface area (Å²) in [6.45, 7) is 5.63. The topological polar surface area (TPSA) is 15.3 Å². The molecule has 1 N–H and O–H groups in total. The zero-order valence-electron chi connectivity index (χ0n) is 8.84. The first-order chi connectivity index (χ1) is 6.15. The number of thiocarbonyl (C=S) groups is 1. The molecule has 1 saturated carbocycles. The van der Waals surface area contributed by atoms with Crippen LogP contribution in [0.1, 0.15) is 33.1 Å². The van der Waals surface area contributed by atoms with Crippen molar-refractivity contribution in [2.24, 2.45) is 5.92 Å². The molecule has 0 aromatic heterocycles. The molecule has 3 heteroatoms. The zero-order chi connectivity index (χ0) is 9.84. The Labute approximate surface area is 86.7 Å². The van der Waals surface area contributed by atoms with Crippen LogP contribution in [0.5, 0.6) is 0 Å². The number of nitrogens with one attached hydrogen (secondary N) is 1. The van der Waals surface area contributed by atoms with Crippen molar-refractivity contribution in [3.63, 3.8) is 0 Å². The fourth-order valence-electron chi connectivity index (χ4n) is 1.38. The van der Waals surface area contributed by atoms with Gasteiger partial charge < -0.3 is 10.2 Å². The van der Waals surface area contributed by atoms with Gasteiger partial charge in [0.2, 0.25) is 0 Å². The molecule has 0 aromatic carbocycles. The Morgan fingerprint density at radius 1 is 1.54 bits per heavy atom. The molecule has 0 saturated heterocycles. The second-order valence-corrected chi connectivity index (χ2v) is 4.55. The number of hydrogen-bond acceptors (Lipinski definition) is 1. The molecule has 0 amide bonds. The van der Waals surface area contributed by atoms with E-state index in [0.29, 0.717) is 0 Å². The summed E-state index contributed by atoms with van der Waals surface area (Å²) in [6.07, 6.45) is 3.87. The van der Waals surface area contributed by atoms with Crippen LogP contribution in [-0.4, -0.2) is 29.6 Å². The van der Waals surface area contributed by atoms with Crippen LogP contribution in [0.3, 0.4) is 0 Å². The van der Waals surface area contributed by atoms with Gasteiger partial charge in [-0.3, -0.25) is 0 Å². The van der Waals surface area contributed by atoms with E-state index in [4.69, 9.17) is 12.2 Å². The van der Waals surface area contributed by atoms with Gasteiger partial charge in [-0.05, 0) is 37.4 Å². The van der Waals surface area contributed by atoms with Crippen LogP contribution >= 0.6 is 12.2 Å². The number of rotatable bonds is 4. The van der Waals surface area contributed by atoms with Gasteiger partial charge in [-0.25, -0.2) is 0 Å². The Hall–Kier alpha value is -0.310. The van der Waals surface area contributed by atoms with E-state index in [0.717, 1.165) is 23.6 Å². The van der Waals surface area contributed by atoms with Gasteiger partial charge in [-0.2, -0.15) is 0 Å². The maximum atomic E-state index is 5.26. The van der Waals surface area contributed by atoms with Crippen molar-refractivity contribution in [1.82, 2.24) is 10.2 Å². The summed E-state index contributed by atoms with van der Waals surface area (Å²) < 4.78 is 0. The lowest BCUT2D eigenvalue weighted by atomic mass is 10.1. The van der Waals surface area contributed by atoms with Crippen LogP contribution < -0.4 is 5.32 Å². The molecule has 1 aliphatic carbocycles. The van der Waals surface area contributed by atoms with Crippen molar-refractivity contribution < 1.29 is 0 Å². The van der Waals surface area contributed by atoms with Gasteiger partial charge in [0, 0.05) is 19.6 Å². The lowest BCUT2D eigenvalue weighted by Gasteiger charge is -2.25. The monoisotopic (exact) mass is 200 g/mol. The van der Waals surface area contributed by atoms with Gasteiger partial charge in [0.15, 0.2) is 5.11 Å². The fraction of sp³-hybridized carbons (Fsp3) is 0.900. The highest BCUT2D eigenvalue weighted by Crippen LogP contribution is 2.27. The first kappa shape index (κ1) is 10.8. The van der Waals surface area contributed by atoms with Gasteiger partial charge in [-0.1, -0.05) is 13.8 Å². The van der Waals surface area contributed by atoms with Crippen molar-refractivity contribution in [2.45, 2.75) is 39.2 Å². The summed E-state index contributed by atoms with van der Waals surface area (Å²) >= 11 is 5.26. The van der Waals surface area contributed by atoms with Crippen LogP contribution in [0, 0.1) is 5.92 Å². The van der Waals surface area contributed by atoms with Crippen molar-refractivity contribution in [2.75, 3.05) is 13.6 Å². The summed E-state index contributed by atoms with van der Waals surface area (Å²) in [5.74, 6) is 0.765. The Morgan fingerprint density at radius 3 is 2.54 bits per heavy atom. The normalized spacial score (nSPS) is 16.0. The highest BCUT2D eigenvalue weighted by atomic mass is 32.1. The minimum absolute atomic E-state index is 0.735. The number of nitrogens with zero attached hydrogens (tertiary/aromatic N) is 1. The van der Waals surface area contributed by atoms with Crippen LogP contribution in [0.25, 0.3) is 0 Å². The van der Waals surface area contributed by atoms with E-state index in [-0.39, 0.29) is 0 Å². The van der Waals surface area contributed by atoms with Gasteiger partial charge >= 0.3 is 0 Å². The predicted octanol–water partition coefficient (Wildman–Crippen LogP) is 2.00. The molecule has 76 valence electrons. The molecule has 1 rings (SSSR count). The quantitative estimate of drug-likeness (QED) is 0.699. The average Bonchev–Trinajstić information content (AvgIpc) is 2.87. The van der Waals surface area contributed by atoms with Gasteiger partial charge in [0.1, 0.15) is 0 Å². The molecule has 0 heterocycles. The first-order valence-corrected chi connectivity index (χ1v) is 5.54. The van der Waals surface area contributed by atoms with Crippen LogP contribution in [0.2, 0.25) is 0 Å². The molecule has 0 atom stereocenters. The smallest absolute Gasteiger partial charge is 0.168 e. The predicted molar refractivity (Wildman–Crippen MR) is 60.8 cm³/mol. The molecule has 2 nitrogen and oxygen atoms in total. The van der Waals surface area contributed by atoms with Crippen molar-refractivity contribution in [3.05, 3.63) is 0 Å². The van der Waals surface area contributed by atoms with E-state index in [1.807, 2.05) is 7.05 Å². The number of hydrogen-bond donors (Lipinski definition) is 1. The molecule has 0 aliphatic heterocycles. The summed E-state index contributed by atoms with van der Waals surface area (Å²) in [5, 5.41) is 3.99. The summed E-state index contributed by atoms with van der Waals surface area (Å²) in [6, 6.07) is 0.735. The zero-order valence-corrected chi connectivity index (χ0v) is 9.66. The largest absolute Gasteiger partial charge is 0.366 e. The third-order valence-electron chi connectivity index (χ3n) is 2.41. The minimum Gasteiger partial charge on any atom is -0.366 e. The molecular weight excluding hydrogens is 180 g/mol. The average molecular weight is 200 g/mol. The highest BCUT2D eigenvalue weighted by molar-refractivity contribution is 7.80. The molecular formula is C10H20N2S. The van der Waals surface area contributed by atoms with E-state index in [2.05, 4.69) is 24.1 Å². The lowest BCUT2D eigenvalue weighted by molar-refractivity contribution is 0.369. The minimum atomic E-state index is 0.735. The molecule has 1 aliphatic rings. The maximum Gasteiger partial charge on any atom is 0.168 e. The van der Waals surface area contributed by atoms with Crippen molar-refractivity contribution >= 4 is 17.3 Å².